The minimum absolute atomic E-state index is 0.0905. The summed E-state index contributed by atoms with van der Waals surface area (Å²) in [5, 5.41) is 1.94. The highest BCUT2D eigenvalue weighted by Gasteiger charge is 2.25. The Labute approximate surface area is 103 Å². The van der Waals surface area contributed by atoms with Crippen LogP contribution in [0.1, 0.15) is 0 Å². The van der Waals surface area contributed by atoms with Gasteiger partial charge in [0.15, 0.2) is 0 Å². The number of nitrogens with zero attached hydrogens (tertiary/aromatic N) is 2. The number of rotatable bonds is 1. The van der Waals surface area contributed by atoms with E-state index in [2.05, 4.69) is 9.72 Å². The van der Waals surface area contributed by atoms with Gasteiger partial charge in [-0.25, -0.2) is 9.59 Å². The number of hydrogen-bond acceptors (Lipinski definition) is 5. The van der Waals surface area contributed by atoms with Crippen molar-refractivity contribution in [3.63, 3.8) is 0 Å². The number of ether oxygens (including phenoxy) is 1. The zero-order valence-corrected chi connectivity index (χ0v) is 9.50. The molecule has 1 fully saturated rings. The molecular formula is C13H10N2O3. The Morgan fingerprint density at radius 1 is 1.11 bits per heavy atom. The Morgan fingerprint density at radius 2 is 1.89 bits per heavy atom. The molecule has 5 nitrogen and oxygen atoms in total. The van der Waals surface area contributed by atoms with Crippen LogP contribution in [0, 0.1) is 0 Å². The smallest absolute Gasteiger partial charge is 0.333 e. The maximum Gasteiger partial charge on any atom is 0.333 e. The van der Waals surface area contributed by atoms with Gasteiger partial charge in [-0.3, -0.25) is 4.98 Å². The SMILES string of the molecule is O=C1CN(c2cccc3cnccc23)CC(=O)O1. The maximum atomic E-state index is 11.3. The van der Waals surface area contributed by atoms with Gasteiger partial charge in [0, 0.05) is 28.9 Å². The molecule has 0 atom stereocenters. The number of fused-ring (bicyclic) bond motifs is 1. The first-order valence-corrected chi connectivity index (χ1v) is 5.55. The second-order valence-electron chi connectivity index (χ2n) is 4.08. The van der Waals surface area contributed by atoms with Crippen molar-refractivity contribution < 1.29 is 14.3 Å². The van der Waals surface area contributed by atoms with Crippen LogP contribution in [0.4, 0.5) is 5.69 Å². The third kappa shape index (κ3) is 1.79. The average Bonchev–Trinajstić information content (AvgIpc) is 2.37. The van der Waals surface area contributed by atoms with E-state index in [-0.39, 0.29) is 13.1 Å². The summed E-state index contributed by atoms with van der Waals surface area (Å²) in [6.45, 7) is 0.181. The van der Waals surface area contributed by atoms with Gasteiger partial charge in [-0.2, -0.15) is 0 Å². The summed E-state index contributed by atoms with van der Waals surface area (Å²) in [5.41, 5.74) is 0.847. The predicted molar refractivity (Wildman–Crippen MR) is 65.1 cm³/mol. The fourth-order valence-corrected chi connectivity index (χ4v) is 2.11. The molecule has 2 aromatic rings. The van der Waals surface area contributed by atoms with Gasteiger partial charge in [0.1, 0.15) is 13.1 Å². The first-order chi connectivity index (χ1) is 8.74. The van der Waals surface area contributed by atoms with Crippen molar-refractivity contribution in [3.05, 3.63) is 36.7 Å². The van der Waals surface area contributed by atoms with Crippen LogP contribution in [-0.2, 0) is 14.3 Å². The van der Waals surface area contributed by atoms with Gasteiger partial charge in [0.2, 0.25) is 0 Å². The molecule has 0 amide bonds. The predicted octanol–water partition coefficient (Wildman–Crippen LogP) is 1.12. The zero-order chi connectivity index (χ0) is 12.5. The molecule has 2 heterocycles. The molecule has 5 heteroatoms. The number of carbonyl (C=O) groups is 2. The molecule has 3 rings (SSSR count). The van der Waals surface area contributed by atoms with Crippen molar-refractivity contribution in [1.29, 1.82) is 0 Å². The summed E-state index contributed by atoms with van der Waals surface area (Å²) in [6.07, 6.45) is 3.44. The van der Waals surface area contributed by atoms with E-state index in [0.29, 0.717) is 0 Å². The van der Waals surface area contributed by atoms with Crippen molar-refractivity contribution in [1.82, 2.24) is 4.98 Å². The number of pyridine rings is 1. The van der Waals surface area contributed by atoms with Gasteiger partial charge in [0.05, 0.1) is 0 Å². The molecule has 0 aliphatic carbocycles. The lowest BCUT2D eigenvalue weighted by atomic mass is 10.1. The van der Waals surface area contributed by atoms with Crippen LogP contribution < -0.4 is 4.90 Å². The van der Waals surface area contributed by atoms with Crippen molar-refractivity contribution >= 4 is 28.4 Å². The molecule has 0 spiro atoms. The Balaban J connectivity index is 2.08. The molecule has 1 aliphatic rings. The fraction of sp³-hybridized carbons (Fsp3) is 0.154. The van der Waals surface area contributed by atoms with E-state index < -0.39 is 11.9 Å². The number of aromatic nitrogens is 1. The third-order valence-corrected chi connectivity index (χ3v) is 2.87. The third-order valence-electron chi connectivity index (χ3n) is 2.87. The van der Waals surface area contributed by atoms with Crippen molar-refractivity contribution in [2.24, 2.45) is 0 Å². The van der Waals surface area contributed by atoms with Crippen molar-refractivity contribution in [2.75, 3.05) is 18.0 Å². The van der Waals surface area contributed by atoms with E-state index >= 15 is 0 Å². The van der Waals surface area contributed by atoms with Crippen LogP contribution in [0.2, 0.25) is 0 Å². The number of anilines is 1. The molecule has 0 N–H and O–H groups in total. The summed E-state index contributed by atoms with van der Waals surface area (Å²) in [5.74, 6) is -1.03. The van der Waals surface area contributed by atoms with Gasteiger partial charge in [-0.15, -0.1) is 0 Å². The minimum Gasteiger partial charge on any atom is -0.390 e. The van der Waals surface area contributed by atoms with Crippen LogP contribution in [0.5, 0.6) is 0 Å². The summed E-state index contributed by atoms with van der Waals surface area (Å²) in [4.78, 5) is 28.4. The zero-order valence-electron chi connectivity index (χ0n) is 9.50. The van der Waals surface area contributed by atoms with Crippen molar-refractivity contribution in [3.8, 4) is 0 Å². The standard InChI is InChI=1S/C13H10N2O3/c16-12-7-15(8-13(17)18-12)11-3-1-2-9-6-14-5-4-10(9)11/h1-6H,7-8H2. The van der Waals surface area contributed by atoms with Gasteiger partial charge in [-0.05, 0) is 12.1 Å². The van der Waals surface area contributed by atoms with Crippen LogP contribution in [-0.4, -0.2) is 30.0 Å². The van der Waals surface area contributed by atoms with Crippen LogP contribution in [0.25, 0.3) is 10.8 Å². The Hall–Kier alpha value is -2.43. The van der Waals surface area contributed by atoms with E-state index in [1.165, 1.54) is 0 Å². The topological polar surface area (TPSA) is 59.5 Å². The molecule has 0 unspecified atom stereocenters. The highest BCUT2D eigenvalue weighted by Crippen LogP contribution is 2.26. The van der Waals surface area contributed by atoms with Gasteiger partial charge in [0.25, 0.3) is 0 Å². The summed E-state index contributed by atoms with van der Waals surface area (Å²) >= 11 is 0. The fourth-order valence-electron chi connectivity index (χ4n) is 2.11. The first-order valence-electron chi connectivity index (χ1n) is 5.55. The summed E-state index contributed by atoms with van der Waals surface area (Å²) in [7, 11) is 0. The van der Waals surface area contributed by atoms with Gasteiger partial charge < -0.3 is 9.64 Å². The quantitative estimate of drug-likeness (QED) is 0.554. The number of esters is 2. The molecule has 18 heavy (non-hydrogen) atoms. The molecule has 90 valence electrons. The van der Waals surface area contributed by atoms with E-state index in [1.54, 1.807) is 17.3 Å². The lowest BCUT2D eigenvalue weighted by molar-refractivity contribution is -0.160. The van der Waals surface area contributed by atoms with E-state index in [9.17, 15) is 9.59 Å². The van der Waals surface area contributed by atoms with Crippen LogP contribution >= 0.6 is 0 Å². The number of hydrogen-bond donors (Lipinski definition) is 0. The first kappa shape index (κ1) is 10.7. The minimum atomic E-state index is -0.516. The molecule has 1 aromatic carbocycles. The summed E-state index contributed by atoms with van der Waals surface area (Å²) in [6, 6.07) is 7.57. The molecule has 0 saturated carbocycles. The summed E-state index contributed by atoms with van der Waals surface area (Å²) < 4.78 is 4.52. The van der Waals surface area contributed by atoms with Crippen LogP contribution in [0.15, 0.2) is 36.7 Å². The largest absolute Gasteiger partial charge is 0.390 e. The molecule has 1 aromatic heterocycles. The Morgan fingerprint density at radius 3 is 2.67 bits per heavy atom. The second-order valence-corrected chi connectivity index (χ2v) is 4.08. The molecule has 0 bridgehead atoms. The average molecular weight is 242 g/mol. The Bertz CT molecular complexity index is 618. The Kier molecular flexibility index (Phi) is 2.44. The molecular weight excluding hydrogens is 232 g/mol. The van der Waals surface area contributed by atoms with Crippen LogP contribution in [0.3, 0.4) is 0 Å². The number of cyclic esters (lactones) is 2. The highest BCUT2D eigenvalue weighted by molar-refractivity contribution is 6.00. The second kappa shape index (κ2) is 4.10. The van der Waals surface area contributed by atoms with E-state index in [4.69, 9.17) is 0 Å². The monoisotopic (exact) mass is 242 g/mol. The van der Waals surface area contributed by atoms with Crippen molar-refractivity contribution in [2.45, 2.75) is 0 Å². The maximum absolute atomic E-state index is 11.3. The normalized spacial score (nSPS) is 15.9. The van der Waals surface area contributed by atoms with E-state index in [1.807, 2.05) is 24.3 Å². The molecule has 1 saturated heterocycles. The lowest BCUT2D eigenvalue weighted by Gasteiger charge is -2.27. The van der Waals surface area contributed by atoms with Gasteiger partial charge in [-0.1, -0.05) is 12.1 Å². The molecule has 0 radical (unpaired) electrons. The number of benzene rings is 1. The van der Waals surface area contributed by atoms with E-state index in [0.717, 1.165) is 16.5 Å². The highest BCUT2D eigenvalue weighted by atomic mass is 16.6. The van der Waals surface area contributed by atoms with Gasteiger partial charge >= 0.3 is 11.9 Å². The number of carbonyl (C=O) groups excluding carboxylic acids is 2. The lowest BCUT2D eigenvalue weighted by Crippen LogP contribution is -2.43. The molecule has 1 aliphatic heterocycles. The number of morpholine rings is 1.